The van der Waals surface area contributed by atoms with Gasteiger partial charge in [-0.3, -0.25) is 9.59 Å². The summed E-state index contributed by atoms with van der Waals surface area (Å²) in [5, 5.41) is 5.90. The number of carbonyl (C=O) groups excluding carboxylic acids is 2. The molecule has 158 valence electrons. The van der Waals surface area contributed by atoms with Gasteiger partial charge in [-0.2, -0.15) is 0 Å². The highest BCUT2D eigenvalue weighted by atomic mass is 32.1. The lowest BCUT2D eigenvalue weighted by Crippen LogP contribution is -2.22. The number of hydrogen-bond donors (Lipinski definition) is 2. The van der Waals surface area contributed by atoms with E-state index in [1.54, 1.807) is 0 Å². The third-order valence-electron chi connectivity index (χ3n) is 5.25. The van der Waals surface area contributed by atoms with Crippen LogP contribution in [0.2, 0.25) is 0 Å². The van der Waals surface area contributed by atoms with E-state index in [0.717, 1.165) is 46.0 Å². The Balaban J connectivity index is 1.22. The summed E-state index contributed by atoms with van der Waals surface area (Å²) in [5.74, 6) is 1.59. The number of benzene rings is 2. The van der Waals surface area contributed by atoms with Crippen molar-refractivity contribution in [1.29, 1.82) is 0 Å². The van der Waals surface area contributed by atoms with Gasteiger partial charge in [-0.1, -0.05) is 12.1 Å². The van der Waals surface area contributed by atoms with Crippen LogP contribution in [0.25, 0.3) is 10.4 Å². The van der Waals surface area contributed by atoms with E-state index in [9.17, 15) is 9.59 Å². The Hall–Kier alpha value is -3.32. The number of fused-ring (bicyclic) bond motifs is 1. The first-order valence-corrected chi connectivity index (χ1v) is 11.2. The van der Waals surface area contributed by atoms with E-state index in [4.69, 9.17) is 9.47 Å². The van der Waals surface area contributed by atoms with Gasteiger partial charge in [0.1, 0.15) is 13.2 Å². The summed E-state index contributed by atoms with van der Waals surface area (Å²) in [7, 11) is 0. The molecule has 7 heteroatoms. The molecule has 0 saturated heterocycles. The predicted molar refractivity (Wildman–Crippen MR) is 120 cm³/mol. The van der Waals surface area contributed by atoms with Gasteiger partial charge in [0.25, 0.3) is 5.91 Å². The van der Waals surface area contributed by atoms with Gasteiger partial charge >= 0.3 is 0 Å². The molecule has 0 spiro atoms. The van der Waals surface area contributed by atoms with Crippen LogP contribution in [0.5, 0.6) is 11.5 Å². The van der Waals surface area contributed by atoms with Gasteiger partial charge < -0.3 is 20.1 Å². The molecule has 0 unspecified atom stereocenters. The van der Waals surface area contributed by atoms with Gasteiger partial charge in [0.15, 0.2) is 11.5 Å². The fourth-order valence-corrected chi connectivity index (χ4v) is 4.35. The second kappa shape index (κ2) is 8.43. The highest BCUT2D eigenvalue weighted by Crippen LogP contribution is 2.37. The van der Waals surface area contributed by atoms with Crippen molar-refractivity contribution in [2.24, 2.45) is 5.92 Å². The van der Waals surface area contributed by atoms with Crippen LogP contribution in [0.3, 0.4) is 0 Å². The summed E-state index contributed by atoms with van der Waals surface area (Å²) in [6.07, 6.45) is 1.94. The third kappa shape index (κ3) is 4.56. The molecule has 0 bridgehead atoms. The van der Waals surface area contributed by atoms with Crippen molar-refractivity contribution >= 4 is 28.8 Å². The van der Waals surface area contributed by atoms with Crippen LogP contribution in [0.15, 0.2) is 54.6 Å². The van der Waals surface area contributed by atoms with Crippen LogP contribution in [-0.4, -0.2) is 25.0 Å². The molecule has 1 saturated carbocycles. The minimum Gasteiger partial charge on any atom is -0.486 e. The second-order valence-corrected chi connectivity index (χ2v) is 8.75. The van der Waals surface area contributed by atoms with Crippen molar-refractivity contribution in [2.75, 3.05) is 18.5 Å². The Morgan fingerprint density at radius 1 is 0.968 bits per heavy atom. The first-order valence-electron chi connectivity index (χ1n) is 10.3. The monoisotopic (exact) mass is 434 g/mol. The molecule has 2 heterocycles. The molecule has 5 rings (SSSR count). The lowest BCUT2D eigenvalue weighted by atomic mass is 10.1. The molecule has 0 atom stereocenters. The number of amides is 2. The molecule has 2 aromatic carbocycles. The standard InChI is InChI=1S/C24H22N2O4S/c27-23(16-4-5-16)26-18-3-1-2-15(12-18)14-25-24(28)22-9-8-21(31-22)17-6-7-19-20(13-17)30-11-10-29-19/h1-3,6-9,12-13,16H,4-5,10-11,14H2,(H,25,28)(H,26,27). The molecule has 1 aliphatic heterocycles. The molecule has 2 N–H and O–H groups in total. The normalized spacial score (nSPS) is 14.7. The molecule has 2 amide bonds. The number of carbonyl (C=O) groups is 2. The van der Waals surface area contributed by atoms with E-state index < -0.39 is 0 Å². The average Bonchev–Trinajstić information content (AvgIpc) is 3.54. The van der Waals surface area contributed by atoms with Crippen LogP contribution < -0.4 is 20.1 Å². The molecular weight excluding hydrogens is 412 g/mol. The molecule has 1 fully saturated rings. The van der Waals surface area contributed by atoms with Crippen LogP contribution >= 0.6 is 11.3 Å². The largest absolute Gasteiger partial charge is 0.486 e. The third-order valence-corrected chi connectivity index (χ3v) is 6.39. The van der Waals surface area contributed by atoms with Gasteiger partial charge in [0.05, 0.1) is 4.88 Å². The maximum atomic E-state index is 12.6. The summed E-state index contributed by atoms with van der Waals surface area (Å²) < 4.78 is 11.2. The molecular formula is C24H22N2O4S. The van der Waals surface area contributed by atoms with Crippen molar-refractivity contribution in [1.82, 2.24) is 5.32 Å². The molecule has 6 nitrogen and oxygen atoms in total. The van der Waals surface area contributed by atoms with Gasteiger partial charge in [-0.25, -0.2) is 0 Å². The molecule has 1 aromatic heterocycles. The van der Waals surface area contributed by atoms with E-state index in [1.165, 1.54) is 11.3 Å². The Morgan fingerprint density at radius 3 is 2.65 bits per heavy atom. The van der Waals surface area contributed by atoms with Gasteiger partial charge in [-0.15, -0.1) is 11.3 Å². The van der Waals surface area contributed by atoms with Crippen molar-refractivity contribution in [3.8, 4) is 21.9 Å². The summed E-state index contributed by atoms with van der Waals surface area (Å²) in [6, 6.07) is 17.2. The van der Waals surface area contributed by atoms with Crippen molar-refractivity contribution < 1.29 is 19.1 Å². The molecule has 0 radical (unpaired) electrons. The van der Waals surface area contributed by atoms with E-state index >= 15 is 0 Å². The number of anilines is 1. The van der Waals surface area contributed by atoms with Gasteiger partial charge in [0.2, 0.25) is 5.91 Å². The quantitative estimate of drug-likeness (QED) is 0.600. The Bertz CT molecular complexity index is 1140. The molecule has 31 heavy (non-hydrogen) atoms. The lowest BCUT2D eigenvalue weighted by Gasteiger charge is -2.18. The highest BCUT2D eigenvalue weighted by molar-refractivity contribution is 7.17. The van der Waals surface area contributed by atoms with Crippen molar-refractivity contribution in [3.63, 3.8) is 0 Å². The highest BCUT2D eigenvalue weighted by Gasteiger charge is 2.29. The Labute approximate surface area is 184 Å². The lowest BCUT2D eigenvalue weighted by molar-refractivity contribution is -0.117. The first-order chi connectivity index (χ1) is 15.2. The van der Waals surface area contributed by atoms with Crippen molar-refractivity contribution in [2.45, 2.75) is 19.4 Å². The van der Waals surface area contributed by atoms with Crippen LogP contribution in [0.4, 0.5) is 5.69 Å². The van der Waals surface area contributed by atoms with E-state index in [2.05, 4.69) is 10.6 Å². The number of nitrogens with one attached hydrogen (secondary N) is 2. The Morgan fingerprint density at radius 2 is 1.81 bits per heavy atom. The molecule has 1 aliphatic carbocycles. The fraction of sp³-hybridized carbons (Fsp3) is 0.250. The summed E-state index contributed by atoms with van der Waals surface area (Å²) in [4.78, 5) is 26.2. The summed E-state index contributed by atoms with van der Waals surface area (Å²) >= 11 is 1.44. The SMILES string of the molecule is O=C(NCc1cccc(NC(=O)C2CC2)c1)c1ccc(-c2ccc3c(c2)OCCO3)s1. The maximum Gasteiger partial charge on any atom is 0.261 e. The minimum absolute atomic E-state index is 0.0754. The van der Waals surface area contributed by atoms with Crippen molar-refractivity contribution in [3.05, 3.63) is 65.0 Å². The second-order valence-electron chi connectivity index (χ2n) is 7.67. The first kappa shape index (κ1) is 19.6. The number of hydrogen-bond acceptors (Lipinski definition) is 5. The Kier molecular flexibility index (Phi) is 5.34. The van der Waals surface area contributed by atoms with Crippen LogP contribution in [0.1, 0.15) is 28.1 Å². The van der Waals surface area contributed by atoms with E-state index in [-0.39, 0.29) is 17.7 Å². The van der Waals surface area contributed by atoms with Crippen LogP contribution in [-0.2, 0) is 11.3 Å². The fourth-order valence-electron chi connectivity index (χ4n) is 3.43. The zero-order chi connectivity index (χ0) is 21.2. The molecule has 2 aliphatic rings. The average molecular weight is 435 g/mol. The zero-order valence-electron chi connectivity index (χ0n) is 16.9. The summed E-state index contributed by atoms with van der Waals surface area (Å²) in [6.45, 7) is 1.49. The van der Waals surface area contributed by atoms with Crippen LogP contribution in [0, 0.1) is 5.92 Å². The number of thiophene rings is 1. The topological polar surface area (TPSA) is 76.7 Å². The number of rotatable bonds is 6. The van der Waals surface area contributed by atoms with E-state index in [1.807, 2.05) is 54.6 Å². The minimum atomic E-state index is -0.124. The smallest absolute Gasteiger partial charge is 0.261 e. The maximum absolute atomic E-state index is 12.6. The number of ether oxygens (including phenoxy) is 2. The van der Waals surface area contributed by atoms with Gasteiger partial charge in [-0.05, 0) is 66.4 Å². The van der Waals surface area contributed by atoms with E-state index in [0.29, 0.717) is 24.6 Å². The molecule has 3 aromatic rings. The predicted octanol–water partition coefficient (Wildman–Crippen LogP) is 4.46. The van der Waals surface area contributed by atoms with Gasteiger partial charge in [0, 0.05) is 23.0 Å². The zero-order valence-corrected chi connectivity index (χ0v) is 17.7. The summed E-state index contributed by atoms with van der Waals surface area (Å²) in [5.41, 5.74) is 2.69.